The predicted molar refractivity (Wildman–Crippen MR) is 41.3 cm³/mol. The average Bonchev–Trinajstić information content (AvgIpc) is 2.34. The molecule has 1 saturated heterocycles. The number of hydrogen-bond acceptors (Lipinski definition) is 3. The molecule has 0 aromatic rings. The van der Waals surface area contributed by atoms with Crippen molar-refractivity contribution < 1.29 is 0 Å². The molecule has 10 heavy (non-hydrogen) atoms. The molecule has 0 saturated carbocycles. The highest BCUT2D eigenvalue weighted by Crippen LogP contribution is 2.12. The summed E-state index contributed by atoms with van der Waals surface area (Å²) < 4.78 is 0. The Morgan fingerprint density at radius 3 is 3.40 bits per heavy atom. The molecular weight excluding hydrogens is 126 g/mol. The van der Waals surface area contributed by atoms with E-state index in [1.54, 1.807) is 0 Å². The highest BCUT2D eigenvalue weighted by molar-refractivity contribution is 5.91. The second-order valence-electron chi connectivity index (χ2n) is 3.02. The summed E-state index contributed by atoms with van der Waals surface area (Å²) in [5, 5.41) is 3.36. The van der Waals surface area contributed by atoms with Crippen molar-refractivity contribution in [3.8, 4) is 0 Å². The van der Waals surface area contributed by atoms with Crippen molar-refractivity contribution in [1.82, 2.24) is 10.2 Å². The van der Waals surface area contributed by atoms with Gasteiger partial charge in [-0.2, -0.15) is 0 Å². The highest BCUT2D eigenvalue weighted by Gasteiger charge is 2.27. The van der Waals surface area contributed by atoms with Gasteiger partial charge in [0.15, 0.2) is 0 Å². The van der Waals surface area contributed by atoms with Gasteiger partial charge in [0, 0.05) is 18.8 Å². The number of likely N-dealkylation sites (N-methyl/N-ethyl adjacent to an activating group) is 1. The molecule has 0 radical (unpaired) electrons. The van der Waals surface area contributed by atoms with Gasteiger partial charge in [-0.25, -0.2) is 0 Å². The van der Waals surface area contributed by atoms with Gasteiger partial charge in [0.25, 0.3) is 0 Å². The first kappa shape index (κ1) is 6.31. The minimum Gasteiger partial charge on any atom is -0.314 e. The lowest BCUT2D eigenvalue weighted by Crippen LogP contribution is -2.46. The number of piperidine rings is 1. The van der Waals surface area contributed by atoms with Crippen LogP contribution in [-0.4, -0.2) is 43.5 Å². The Morgan fingerprint density at radius 1 is 1.70 bits per heavy atom. The fourth-order valence-corrected chi connectivity index (χ4v) is 1.64. The summed E-state index contributed by atoms with van der Waals surface area (Å²) in [5.74, 6) is 0. The monoisotopic (exact) mass is 139 g/mol. The number of rotatable bonds is 0. The zero-order chi connectivity index (χ0) is 6.97. The van der Waals surface area contributed by atoms with Crippen LogP contribution in [0.2, 0.25) is 0 Å². The fourth-order valence-electron chi connectivity index (χ4n) is 1.64. The first-order valence-electron chi connectivity index (χ1n) is 3.82. The van der Waals surface area contributed by atoms with Crippen LogP contribution in [0.15, 0.2) is 4.99 Å². The smallest absolute Gasteiger partial charge is 0.0912 e. The van der Waals surface area contributed by atoms with E-state index in [4.69, 9.17) is 0 Å². The van der Waals surface area contributed by atoms with Crippen molar-refractivity contribution in [2.45, 2.75) is 12.5 Å². The molecule has 0 spiro atoms. The molecule has 0 bridgehead atoms. The summed E-state index contributed by atoms with van der Waals surface area (Å²) in [4.78, 5) is 6.73. The number of fused-ring (bicyclic) bond motifs is 1. The van der Waals surface area contributed by atoms with E-state index in [1.807, 2.05) is 0 Å². The zero-order valence-corrected chi connectivity index (χ0v) is 6.30. The maximum atomic E-state index is 4.44. The van der Waals surface area contributed by atoms with Crippen molar-refractivity contribution in [3.05, 3.63) is 0 Å². The van der Waals surface area contributed by atoms with Crippen LogP contribution >= 0.6 is 0 Å². The van der Waals surface area contributed by atoms with Crippen LogP contribution in [-0.2, 0) is 0 Å². The third-order valence-electron chi connectivity index (χ3n) is 2.31. The van der Waals surface area contributed by atoms with Crippen molar-refractivity contribution in [3.63, 3.8) is 0 Å². The normalized spacial score (nSPS) is 33.7. The van der Waals surface area contributed by atoms with E-state index in [-0.39, 0.29) is 0 Å². The Kier molecular flexibility index (Phi) is 1.47. The first-order valence-corrected chi connectivity index (χ1v) is 3.82. The van der Waals surface area contributed by atoms with E-state index >= 15 is 0 Å². The lowest BCUT2D eigenvalue weighted by Gasteiger charge is -2.25. The molecule has 0 aromatic heterocycles. The maximum Gasteiger partial charge on any atom is 0.0912 e. The molecular formula is C7H13N3. The third kappa shape index (κ3) is 0.859. The van der Waals surface area contributed by atoms with Gasteiger partial charge in [-0.3, -0.25) is 9.89 Å². The molecule has 2 heterocycles. The lowest BCUT2D eigenvalue weighted by atomic mass is 10.1. The second kappa shape index (κ2) is 2.32. The first-order chi connectivity index (χ1) is 4.88. The SMILES string of the molecule is CN1CN=C2CCNCC21. The highest BCUT2D eigenvalue weighted by atomic mass is 15.3. The number of nitrogens with zero attached hydrogens (tertiary/aromatic N) is 2. The molecule has 3 heteroatoms. The maximum absolute atomic E-state index is 4.44. The molecule has 56 valence electrons. The van der Waals surface area contributed by atoms with Gasteiger partial charge in [0.1, 0.15) is 0 Å². The van der Waals surface area contributed by atoms with E-state index in [0.717, 1.165) is 26.2 Å². The topological polar surface area (TPSA) is 27.6 Å². The number of nitrogens with one attached hydrogen (secondary N) is 1. The third-order valence-corrected chi connectivity index (χ3v) is 2.31. The summed E-state index contributed by atoms with van der Waals surface area (Å²) in [6.45, 7) is 3.11. The minimum absolute atomic E-state index is 0.605. The van der Waals surface area contributed by atoms with Crippen LogP contribution in [0.1, 0.15) is 6.42 Å². The van der Waals surface area contributed by atoms with Gasteiger partial charge < -0.3 is 5.32 Å². The van der Waals surface area contributed by atoms with Gasteiger partial charge in [-0.15, -0.1) is 0 Å². The molecule has 1 fully saturated rings. The van der Waals surface area contributed by atoms with Crippen LogP contribution in [0.25, 0.3) is 0 Å². The Labute approximate surface area is 61.1 Å². The molecule has 0 amide bonds. The Bertz CT molecular complexity index is 164. The van der Waals surface area contributed by atoms with Gasteiger partial charge in [-0.05, 0) is 13.5 Å². The Balaban J connectivity index is 2.11. The standard InChI is InChI=1S/C7H13N3/c1-10-5-9-6-2-3-8-4-7(6)10/h7-8H,2-5H2,1H3. The molecule has 1 atom stereocenters. The Morgan fingerprint density at radius 2 is 2.60 bits per heavy atom. The molecule has 0 aromatic carbocycles. The summed E-state index contributed by atoms with van der Waals surface area (Å²) in [6.07, 6.45) is 1.15. The zero-order valence-electron chi connectivity index (χ0n) is 6.30. The molecule has 1 N–H and O–H groups in total. The molecule has 1 unspecified atom stereocenters. The minimum atomic E-state index is 0.605. The van der Waals surface area contributed by atoms with Gasteiger partial charge >= 0.3 is 0 Å². The van der Waals surface area contributed by atoms with E-state index < -0.39 is 0 Å². The number of hydrogen-bond donors (Lipinski definition) is 1. The second-order valence-corrected chi connectivity index (χ2v) is 3.02. The van der Waals surface area contributed by atoms with Gasteiger partial charge in [0.2, 0.25) is 0 Å². The van der Waals surface area contributed by atoms with Crippen LogP contribution in [0.3, 0.4) is 0 Å². The largest absolute Gasteiger partial charge is 0.314 e. The molecule has 2 aliphatic heterocycles. The summed E-state index contributed by atoms with van der Waals surface area (Å²) in [5.41, 5.74) is 1.40. The number of aliphatic imine (C=N–C) groups is 1. The van der Waals surface area contributed by atoms with E-state index in [2.05, 4.69) is 22.3 Å². The molecule has 2 aliphatic rings. The molecule has 0 aliphatic carbocycles. The summed E-state index contributed by atoms with van der Waals surface area (Å²) in [6, 6.07) is 0.605. The van der Waals surface area contributed by atoms with Crippen molar-refractivity contribution >= 4 is 5.71 Å². The van der Waals surface area contributed by atoms with Gasteiger partial charge in [0.05, 0.1) is 12.7 Å². The van der Waals surface area contributed by atoms with Crippen LogP contribution in [0.5, 0.6) is 0 Å². The average molecular weight is 139 g/mol. The van der Waals surface area contributed by atoms with Crippen molar-refractivity contribution in [2.24, 2.45) is 4.99 Å². The lowest BCUT2D eigenvalue weighted by molar-refractivity contribution is 0.315. The fraction of sp³-hybridized carbons (Fsp3) is 0.857. The predicted octanol–water partition coefficient (Wildman–Crippen LogP) is -0.308. The summed E-state index contributed by atoms with van der Waals surface area (Å²) in [7, 11) is 2.13. The quantitative estimate of drug-likeness (QED) is 0.498. The van der Waals surface area contributed by atoms with Gasteiger partial charge in [-0.1, -0.05) is 0 Å². The van der Waals surface area contributed by atoms with Crippen molar-refractivity contribution in [2.75, 3.05) is 26.8 Å². The van der Waals surface area contributed by atoms with E-state index in [0.29, 0.717) is 6.04 Å². The van der Waals surface area contributed by atoms with E-state index in [9.17, 15) is 0 Å². The molecule has 2 rings (SSSR count). The van der Waals surface area contributed by atoms with Crippen LogP contribution in [0.4, 0.5) is 0 Å². The van der Waals surface area contributed by atoms with Crippen LogP contribution in [0, 0.1) is 0 Å². The Hall–Kier alpha value is -0.410. The van der Waals surface area contributed by atoms with Crippen molar-refractivity contribution in [1.29, 1.82) is 0 Å². The molecule has 3 nitrogen and oxygen atoms in total. The van der Waals surface area contributed by atoms with Crippen LogP contribution < -0.4 is 5.32 Å². The van der Waals surface area contributed by atoms with E-state index in [1.165, 1.54) is 5.71 Å². The summed E-state index contributed by atoms with van der Waals surface area (Å²) >= 11 is 0.